The number of carbonyl (C=O) groups excluding carboxylic acids is 1. The molecule has 3 aromatic rings. The highest BCUT2D eigenvalue weighted by Gasteiger charge is 2.30. The van der Waals surface area contributed by atoms with E-state index in [2.05, 4.69) is 12.2 Å². The fraction of sp³-hybridized carbons (Fsp3) is 0.240. The average Bonchev–Trinajstić information content (AvgIpc) is 2.82. The summed E-state index contributed by atoms with van der Waals surface area (Å²) in [7, 11) is 0. The lowest BCUT2D eigenvalue weighted by molar-refractivity contribution is -0.137. The molecule has 0 bridgehead atoms. The van der Waals surface area contributed by atoms with Gasteiger partial charge >= 0.3 is 6.18 Å². The number of thioether (sulfide) groups is 1. The fourth-order valence-electron chi connectivity index (χ4n) is 3.61. The van der Waals surface area contributed by atoms with Gasteiger partial charge in [-0.2, -0.15) is 13.2 Å². The zero-order valence-electron chi connectivity index (χ0n) is 18.0. The number of ether oxygens (including phenoxy) is 1. The molecule has 1 aliphatic rings. The van der Waals surface area contributed by atoms with Crippen LogP contribution in [0, 0.1) is 0 Å². The highest BCUT2D eigenvalue weighted by Crippen LogP contribution is 2.38. The van der Waals surface area contributed by atoms with Gasteiger partial charge in [0.2, 0.25) is 0 Å². The Morgan fingerprint density at radius 2 is 1.79 bits per heavy atom. The third kappa shape index (κ3) is 5.45. The van der Waals surface area contributed by atoms with Gasteiger partial charge in [0.25, 0.3) is 5.91 Å². The molecule has 1 N–H and O–H groups in total. The first-order valence-electron chi connectivity index (χ1n) is 10.6. The minimum Gasteiger partial charge on any atom is -0.490 e. The number of carbonyl (C=O) groups is 1. The van der Waals surface area contributed by atoms with Gasteiger partial charge < -0.3 is 15.0 Å². The van der Waals surface area contributed by atoms with Gasteiger partial charge in [-0.25, -0.2) is 0 Å². The number of amides is 1. The maximum Gasteiger partial charge on any atom is 0.416 e. The SMILES string of the molecule is CCSc1ccc(CNC(=O)c2ccc3c(c2)OCCN3c2ccc(C(F)(F)F)cc2)cc1. The van der Waals surface area contributed by atoms with Crippen LogP contribution >= 0.6 is 11.8 Å². The van der Waals surface area contributed by atoms with E-state index in [9.17, 15) is 18.0 Å². The van der Waals surface area contributed by atoms with Crippen molar-refractivity contribution in [3.05, 3.63) is 83.4 Å². The van der Waals surface area contributed by atoms with Crippen LogP contribution in [0.1, 0.15) is 28.4 Å². The Hall–Kier alpha value is -3.13. The van der Waals surface area contributed by atoms with E-state index < -0.39 is 11.7 Å². The summed E-state index contributed by atoms with van der Waals surface area (Å²) in [6.45, 7) is 3.37. The average molecular weight is 473 g/mol. The Morgan fingerprint density at radius 1 is 1.06 bits per heavy atom. The molecule has 0 saturated heterocycles. The van der Waals surface area contributed by atoms with Crippen LogP contribution in [0.3, 0.4) is 0 Å². The largest absolute Gasteiger partial charge is 0.490 e. The van der Waals surface area contributed by atoms with Crippen molar-refractivity contribution in [2.45, 2.75) is 24.5 Å². The Morgan fingerprint density at radius 3 is 2.45 bits per heavy atom. The van der Waals surface area contributed by atoms with Crippen molar-refractivity contribution in [3.8, 4) is 5.75 Å². The predicted molar refractivity (Wildman–Crippen MR) is 124 cm³/mol. The molecule has 0 atom stereocenters. The first kappa shape index (κ1) is 23.0. The maximum atomic E-state index is 12.9. The second kappa shape index (κ2) is 9.79. The lowest BCUT2D eigenvalue weighted by atomic mass is 10.1. The summed E-state index contributed by atoms with van der Waals surface area (Å²) in [6.07, 6.45) is -4.37. The smallest absolute Gasteiger partial charge is 0.416 e. The molecule has 8 heteroatoms. The van der Waals surface area contributed by atoms with Crippen LogP contribution in [-0.2, 0) is 12.7 Å². The van der Waals surface area contributed by atoms with E-state index in [1.54, 1.807) is 30.0 Å². The number of hydrogen-bond donors (Lipinski definition) is 1. The molecule has 1 amide bonds. The molecule has 172 valence electrons. The number of nitrogens with zero attached hydrogens (tertiary/aromatic N) is 1. The van der Waals surface area contributed by atoms with Gasteiger partial charge in [0, 0.05) is 22.7 Å². The van der Waals surface area contributed by atoms with E-state index in [1.807, 2.05) is 29.2 Å². The molecule has 0 fully saturated rings. The normalized spacial score (nSPS) is 13.3. The van der Waals surface area contributed by atoms with Crippen LogP contribution in [0.4, 0.5) is 24.5 Å². The van der Waals surface area contributed by atoms with Crippen molar-refractivity contribution in [3.63, 3.8) is 0 Å². The van der Waals surface area contributed by atoms with Crippen molar-refractivity contribution >= 4 is 29.0 Å². The molecule has 3 aromatic carbocycles. The molecule has 4 rings (SSSR count). The number of anilines is 2. The summed E-state index contributed by atoms with van der Waals surface area (Å²) in [6, 6.07) is 18.2. The predicted octanol–water partition coefficient (Wildman–Crippen LogP) is 6.28. The number of hydrogen-bond acceptors (Lipinski definition) is 4. The molecule has 0 spiro atoms. The molecule has 33 heavy (non-hydrogen) atoms. The van der Waals surface area contributed by atoms with Crippen LogP contribution in [0.15, 0.2) is 71.6 Å². The van der Waals surface area contributed by atoms with E-state index in [4.69, 9.17) is 4.74 Å². The maximum absolute atomic E-state index is 12.9. The first-order chi connectivity index (χ1) is 15.8. The van der Waals surface area contributed by atoms with Gasteiger partial charge in [-0.05, 0) is 65.9 Å². The number of halogens is 3. The number of rotatable bonds is 6. The Labute approximate surface area is 194 Å². The zero-order chi connectivity index (χ0) is 23.4. The quantitative estimate of drug-likeness (QED) is 0.429. The third-order valence-electron chi connectivity index (χ3n) is 5.28. The van der Waals surface area contributed by atoms with E-state index in [1.165, 1.54) is 17.0 Å². The van der Waals surface area contributed by atoms with Crippen molar-refractivity contribution in [1.29, 1.82) is 0 Å². The van der Waals surface area contributed by atoms with E-state index in [-0.39, 0.29) is 5.91 Å². The highest BCUT2D eigenvalue weighted by atomic mass is 32.2. The van der Waals surface area contributed by atoms with Gasteiger partial charge in [-0.3, -0.25) is 4.79 Å². The highest BCUT2D eigenvalue weighted by molar-refractivity contribution is 7.99. The van der Waals surface area contributed by atoms with Crippen LogP contribution in [0.2, 0.25) is 0 Å². The third-order valence-corrected chi connectivity index (χ3v) is 6.17. The topological polar surface area (TPSA) is 41.6 Å². The van der Waals surface area contributed by atoms with E-state index >= 15 is 0 Å². The van der Waals surface area contributed by atoms with Gasteiger partial charge in [-0.1, -0.05) is 19.1 Å². The number of fused-ring (bicyclic) bond motifs is 1. The number of alkyl halides is 3. The molecule has 0 aromatic heterocycles. The van der Waals surface area contributed by atoms with Gasteiger partial charge in [0.05, 0.1) is 17.8 Å². The zero-order valence-corrected chi connectivity index (χ0v) is 18.8. The molecule has 1 heterocycles. The summed E-state index contributed by atoms with van der Waals surface area (Å²) < 4.78 is 44.3. The Bertz CT molecular complexity index is 1120. The number of nitrogens with one attached hydrogen (secondary N) is 1. The Kier molecular flexibility index (Phi) is 6.83. The van der Waals surface area contributed by atoms with E-state index in [0.717, 1.165) is 23.4 Å². The molecule has 0 radical (unpaired) electrons. The summed E-state index contributed by atoms with van der Waals surface area (Å²) in [5.41, 5.74) is 2.12. The first-order valence-corrected chi connectivity index (χ1v) is 11.6. The van der Waals surface area contributed by atoms with Crippen molar-refractivity contribution in [2.24, 2.45) is 0 Å². The standard InChI is InChI=1S/C25H23F3N2O2S/c1-2-33-21-10-3-17(4-11-21)16-29-24(31)18-5-12-22-23(15-18)32-14-13-30(22)20-8-6-19(7-9-20)25(26,27)28/h3-12,15H,2,13-14,16H2,1H3,(H,29,31). The molecule has 1 aliphatic heterocycles. The molecular weight excluding hydrogens is 449 g/mol. The van der Waals surface area contributed by atoms with Crippen molar-refractivity contribution in [1.82, 2.24) is 5.32 Å². The molecule has 0 aliphatic carbocycles. The van der Waals surface area contributed by atoms with Crippen molar-refractivity contribution in [2.75, 3.05) is 23.8 Å². The molecule has 0 saturated carbocycles. The van der Waals surface area contributed by atoms with Gasteiger partial charge in [0.15, 0.2) is 0 Å². The molecular formula is C25H23F3N2O2S. The van der Waals surface area contributed by atoms with Gasteiger partial charge in [0.1, 0.15) is 12.4 Å². The number of benzene rings is 3. The monoisotopic (exact) mass is 472 g/mol. The fourth-order valence-corrected chi connectivity index (χ4v) is 4.28. The second-order valence-electron chi connectivity index (χ2n) is 7.49. The van der Waals surface area contributed by atoms with Crippen LogP contribution < -0.4 is 15.0 Å². The van der Waals surface area contributed by atoms with Gasteiger partial charge in [-0.15, -0.1) is 11.8 Å². The summed E-state index contributed by atoms with van der Waals surface area (Å²) in [5, 5.41) is 2.92. The van der Waals surface area contributed by atoms with Crippen molar-refractivity contribution < 1.29 is 22.7 Å². The summed E-state index contributed by atoms with van der Waals surface area (Å²) in [4.78, 5) is 15.7. The lowest BCUT2D eigenvalue weighted by Gasteiger charge is -2.31. The second-order valence-corrected chi connectivity index (χ2v) is 8.82. The summed E-state index contributed by atoms with van der Waals surface area (Å²) in [5.74, 6) is 1.31. The minimum absolute atomic E-state index is 0.222. The van der Waals surface area contributed by atoms with Crippen LogP contribution in [-0.4, -0.2) is 24.8 Å². The molecule has 4 nitrogen and oxygen atoms in total. The van der Waals surface area contributed by atoms with E-state index in [0.29, 0.717) is 42.4 Å². The molecule has 0 unspecified atom stereocenters. The minimum atomic E-state index is -4.37. The van der Waals surface area contributed by atoms with Crippen LogP contribution in [0.25, 0.3) is 0 Å². The summed E-state index contributed by atoms with van der Waals surface area (Å²) >= 11 is 1.76. The lowest BCUT2D eigenvalue weighted by Crippen LogP contribution is -2.29. The Balaban J connectivity index is 1.45. The van der Waals surface area contributed by atoms with Crippen LogP contribution in [0.5, 0.6) is 5.75 Å².